The highest BCUT2D eigenvalue weighted by Gasteiger charge is 2.13. The number of hydrogen-bond acceptors (Lipinski definition) is 3. The van der Waals surface area contributed by atoms with Crippen molar-refractivity contribution in [3.8, 4) is 11.3 Å². The molecule has 0 saturated heterocycles. The molecular formula is C20H16FN3O2S. The minimum atomic E-state index is -3.62. The summed E-state index contributed by atoms with van der Waals surface area (Å²) in [5.41, 5.74) is 3.34. The standard InChI is InChI=1S/C20H16FN3O2S/c21-17-9-7-15(8-10-17)14-27(25,26)23-18-5-3-4-16(12-18)19-13-24-11-2-1-6-20(24)22-19/h1-13,23H,14H2. The maximum Gasteiger partial charge on any atom is 0.236 e. The zero-order valence-electron chi connectivity index (χ0n) is 14.2. The number of anilines is 1. The number of rotatable bonds is 5. The zero-order valence-corrected chi connectivity index (χ0v) is 15.0. The lowest BCUT2D eigenvalue weighted by Crippen LogP contribution is -2.15. The van der Waals surface area contributed by atoms with E-state index in [1.807, 2.05) is 41.1 Å². The van der Waals surface area contributed by atoms with Gasteiger partial charge in [-0.3, -0.25) is 4.72 Å². The lowest BCUT2D eigenvalue weighted by atomic mass is 10.1. The minimum absolute atomic E-state index is 0.230. The number of nitrogens with one attached hydrogen (secondary N) is 1. The second-order valence-corrected chi connectivity index (χ2v) is 7.88. The van der Waals surface area contributed by atoms with Crippen LogP contribution in [0.25, 0.3) is 16.9 Å². The Morgan fingerprint density at radius 3 is 2.59 bits per heavy atom. The molecule has 0 atom stereocenters. The van der Waals surface area contributed by atoms with E-state index in [1.165, 1.54) is 24.3 Å². The van der Waals surface area contributed by atoms with Crippen LogP contribution in [0.1, 0.15) is 5.56 Å². The lowest BCUT2D eigenvalue weighted by Gasteiger charge is -2.09. The van der Waals surface area contributed by atoms with Gasteiger partial charge in [-0.05, 0) is 42.0 Å². The van der Waals surface area contributed by atoms with E-state index in [0.29, 0.717) is 11.3 Å². The third-order valence-corrected chi connectivity index (χ3v) is 5.33. The molecule has 0 aliphatic heterocycles. The number of fused-ring (bicyclic) bond motifs is 1. The molecule has 2 heterocycles. The number of hydrogen-bond donors (Lipinski definition) is 1. The summed E-state index contributed by atoms with van der Waals surface area (Å²) in [5, 5.41) is 0. The molecule has 0 spiro atoms. The molecule has 0 unspecified atom stereocenters. The number of nitrogens with zero attached hydrogens (tertiary/aromatic N) is 2. The number of halogens is 1. The molecule has 0 amide bonds. The third-order valence-electron chi connectivity index (χ3n) is 4.07. The van der Waals surface area contributed by atoms with E-state index in [9.17, 15) is 12.8 Å². The van der Waals surface area contributed by atoms with Crippen molar-refractivity contribution in [2.75, 3.05) is 4.72 Å². The number of pyridine rings is 1. The Balaban J connectivity index is 1.57. The summed E-state index contributed by atoms with van der Waals surface area (Å²) < 4.78 is 42.3. The van der Waals surface area contributed by atoms with Crippen LogP contribution < -0.4 is 4.72 Å². The first-order valence-electron chi connectivity index (χ1n) is 8.28. The highest BCUT2D eigenvalue weighted by molar-refractivity contribution is 7.91. The first kappa shape index (κ1) is 17.2. The van der Waals surface area contributed by atoms with E-state index >= 15 is 0 Å². The Labute approximate surface area is 156 Å². The first-order valence-corrected chi connectivity index (χ1v) is 9.93. The van der Waals surface area contributed by atoms with Gasteiger partial charge in [-0.15, -0.1) is 0 Å². The molecule has 0 radical (unpaired) electrons. The van der Waals surface area contributed by atoms with Gasteiger partial charge in [-0.1, -0.05) is 30.3 Å². The molecule has 2 aromatic carbocycles. The maximum absolute atomic E-state index is 13.0. The molecule has 0 aliphatic carbocycles. The van der Waals surface area contributed by atoms with Gasteiger partial charge in [-0.2, -0.15) is 0 Å². The average Bonchev–Trinajstić information content (AvgIpc) is 3.07. The lowest BCUT2D eigenvalue weighted by molar-refractivity contribution is 0.600. The molecule has 4 aromatic rings. The van der Waals surface area contributed by atoms with Crippen molar-refractivity contribution in [3.63, 3.8) is 0 Å². The third kappa shape index (κ3) is 3.98. The summed E-state index contributed by atoms with van der Waals surface area (Å²) in [4.78, 5) is 4.55. The Hall–Kier alpha value is -3.19. The average molecular weight is 381 g/mol. The van der Waals surface area contributed by atoms with Crippen LogP contribution in [0.15, 0.2) is 79.1 Å². The van der Waals surface area contributed by atoms with Crippen LogP contribution in [0.5, 0.6) is 0 Å². The van der Waals surface area contributed by atoms with Crippen LogP contribution in [0.3, 0.4) is 0 Å². The van der Waals surface area contributed by atoms with Crippen molar-refractivity contribution < 1.29 is 12.8 Å². The molecule has 0 aliphatic rings. The molecule has 7 heteroatoms. The van der Waals surface area contributed by atoms with Gasteiger partial charge in [0, 0.05) is 23.6 Å². The van der Waals surface area contributed by atoms with E-state index in [-0.39, 0.29) is 5.75 Å². The largest absolute Gasteiger partial charge is 0.306 e. The van der Waals surface area contributed by atoms with Crippen molar-refractivity contribution >= 4 is 21.4 Å². The second kappa shape index (κ2) is 6.85. The highest BCUT2D eigenvalue weighted by atomic mass is 32.2. The predicted molar refractivity (Wildman–Crippen MR) is 103 cm³/mol. The van der Waals surface area contributed by atoms with Crippen LogP contribution in [-0.2, 0) is 15.8 Å². The maximum atomic E-state index is 13.0. The van der Waals surface area contributed by atoms with Crippen molar-refractivity contribution in [2.45, 2.75) is 5.75 Å². The zero-order chi connectivity index (χ0) is 18.9. The monoisotopic (exact) mass is 381 g/mol. The van der Waals surface area contributed by atoms with E-state index in [1.54, 1.807) is 18.2 Å². The van der Waals surface area contributed by atoms with Crippen molar-refractivity contribution in [1.82, 2.24) is 9.38 Å². The smallest absolute Gasteiger partial charge is 0.236 e. The highest BCUT2D eigenvalue weighted by Crippen LogP contribution is 2.23. The number of aromatic nitrogens is 2. The number of benzene rings is 2. The van der Waals surface area contributed by atoms with E-state index in [4.69, 9.17) is 0 Å². The van der Waals surface area contributed by atoms with Gasteiger partial charge >= 0.3 is 0 Å². The van der Waals surface area contributed by atoms with Gasteiger partial charge in [0.15, 0.2) is 0 Å². The van der Waals surface area contributed by atoms with Crippen LogP contribution in [0.2, 0.25) is 0 Å². The summed E-state index contributed by atoms with van der Waals surface area (Å²) in [5.74, 6) is -0.629. The van der Waals surface area contributed by atoms with Crippen molar-refractivity contribution in [3.05, 3.63) is 90.5 Å². The second-order valence-electron chi connectivity index (χ2n) is 6.16. The van der Waals surface area contributed by atoms with Crippen LogP contribution in [0.4, 0.5) is 10.1 Å². The fourth-order valence-electron chi connectivity index (χ4n) is 2.83. The summed E-state index contributed by atoms with van der Waals surface area (Å²) in [6, 6.07) is 18.2. The van der Waals surface area contributed by atoms with Crippen molar-refractivity contribution in [2.24, 2.45) is 0 Å². The van der Waals surface area contributed by atoms with Crippen LogP contribution in [-0.4, -0.2) is 17.8 Å². The SMILES string of the molecule is O=S(=O)(Cc1ccc(F)cc1)Nc1cccc(-c2cn3ccccc3n2)c1. The number of imidazole rings is 1. The van der Waals surface area contributed by atoms with E-state index in [0.717, 1.165) is 16.9 Å². The quantitative estimate of drug-likeness (QED) is 0.566. The topological polar surface area (TPSA) is 63.5 Å². The molecular weight excluding hydrogens is 365 g/mol. The molecule has 0 fully saturated rings. The molecule has 2 aromatic heterocycles. The van der Waals surface area contributed by atoms with Gasteiger partial charge in [-0.25, -0.2) is 17.8 Å². The fourth-order valence-corrected chi connectivity index (χ4v) is 4.02. The Bertz CT molecular complexity index is 1170. The number of sulfonamides is 1. The summed E-state index contributed by atoms with van der Waals surface area (Å²) in [6.07, 6.45) is 3.79. The summed E-state index contributed by atoms with van der Waals surface area (Å²) in [6.45, 7) is 0. The van der Waals surface area contributed by atoms with Gasteiger partial charge in [0.1, 0.15) is 11.5 Å². The Morgan fingerprint density at radius 1 is 1.00 bits per heavy atom. The molecule has 1 N–H and O–H groups in total. The predicted octanol–water partition coefficient (Wildman–Crippen LogP) is 4.08. The fraction of sp³-hybridized carbons (Fsp3) is 0.0500. The van der Waals surface area contributed by atoms with Gasteiger partial charge < -0.3 is 4.40 Å². The van der Waals surface area contributed by atoms with Crippen LogP contribution in [0, 0.1) is 5.82 Å². The normalized spacial score (nSPS) is 11.6. The van der Waals surface area contributed by atoms with Crippen molar-refractivity contribution in [1.29, 1.82) is 0 Å². The molecule has 136 valence electrons. The van der Waals surface area contributed by atoms with Gasteiger partial charge in [0.25, 0.3) is 0 Å². The first-order chi connectivity index (χ1) is 13.0. The van der Waals surface area contributed by atoms with Crippen LogP contribution >= 0.6 is 0 Å². The molecule has 4 rings (SSSR count). The van der Waals surface area contributed by atoms with E-state index < -0.39 is 15.8 Å². The molecule has 0 bridgehead atoms. The molecule has 0 saturated carbocycles. The van der Waals surface area contributed by atoms with Gasteiger partial charge in [0.05, 0.1) is 11.4 Å². The molecule has 27 heavy (non-hydrogen) atoms. The van der Waals surface area contributed by atoms with E-state index in [2.05, 4.69) is 9.71 Å². The minimum Gasteiger partial charge on any atom is -0.306 e. The summed E-state index contributed by atoms with van der Waals surface area (Å²) >= 11 is 0. The molecule has 5 nitrogen and oxygen atoms in total. The summed E-state index contributed by atoms with van der Waals surface area (Å²) in [7, 11) is -3.62. The Morgan fingerprint density at radius 2 is 1.81 bits per heavy atom. The van der Waals surface area contributed by atoms with Gasteiger partial charge in [0.2, 0.25) is 10.0 Å². The Kier molecular flexibility index (Phi) is 4.37.